The summed E-state index contributed by atoms with van der Waals surface area (Å²) in [6.45, 7) is 17.9. The van der Waals surface area contributed by atoms with Gasteiger partial charge in [0.25, 0.3) is 11.8 Å². The molecule has 8 heteroatoms. The fraction of sp³-hybridized carbons (Fsp3) is 0.423. The van der Waals surface area contributed by atoms with Crippen LogP contribution in [-0.4, -0.2) is 48.9 Å². The first-order chi connectivity index (χ1) is 15.9. The van der Waals surface area contributed by atoms with Gasteiger partial charge in [0.2, 0.25) is 0 Å². The number of amides is 2. The Kier molecular flexibility index (Phi) is 9.35. The highest BCUT2D eigenvalue weighted by Gasteiger charge is 2.26. The molecular formula is C26H36N4O4. The van der Waals surface area contributed by atoms with Crippen molar-refractivity contribution in [3.8, 4) is 0 Å². The minimum atomic E-state index is -0.557. The quantitative estimate of drug-likeness (QED) is 0.254. The van der Waals surface area contributed by atoms with Crippen molar-refractivity contribution < 1.29 is 19.1 Å². The Balaban J connectivity index is 2.51. The van der Waals surface area contributed by atoms with Gasteiger partial charge in [-0.1, -0.05) is 18.7 Å². The van der Waals surface area contributed by atoms with Crippen molar-refractivity contribution in [2.45, 2.75) is 52.9 Å². The van der Waals surface area contributed by atoms with Crippen molar-refractivity contribution in [1.82, 2.24) is 10.2 Å². The van der Waals surface area contributed by atoms with Gasteiger partial charge in [-0.05, 0) is 64.8 Å². The zero-order valence-corrected chi connectivity index (χ0v) is 21.0. The molecule has 34 heavy (non-hydrogen) atoms. The number of rotatable bonds is 8. The van der Waals surface area contributed by atoms with E-state index in [2.05, 4.69) is 28.8 Å². The zero-order valence-electron chi connectivity index (χ0n) is 21.0. The van der Waals surface area contributed by atoms with Crippen LogP contribution < -0.4 is 10.6 Å². The molecule has 0 unspecified atom stereocenters. The number of carbonyl (C=O) groups is 2. The summed E-state index contributed by atoms with van der Waals surface area (Å²) in [6.07, 6.45) is 4.76. The summed E-state index contributed by atoms with van der Waals surface area (Å²) in [7, 11) is 1.70. The summed E-state index contributed by atoms with van der Waals surface area (Å²) in [5.74, 6) is -0.720. The van der Waals surface area contributed by atoms with Gasteiger partial charge in [0.1, 0.15) is 5.70 Å². The fourth-order valence-corrected chi connectivity index (χ4v) is 3.33. The summed E-state index contributed by atoms with van der Waals surface area (Å²) >= 11 is 0. The molecule has 1 aliphatic rings. The lowest BCUT2D eigenvalue weighted by atomic mass is 10.00. The first-order valence-electron chi connectivity index (χ1n) is 11.2. The number of aryl methyl sites for hydroxylation is 1. The molecule has 1 aromatic rings. The maximum Gasteiger partial charge on any atom is 0.272 e. The molecule has 0 atom stereocenters. The number of nitrogens with zero attached hydrogens (tertiary/aromatic N) is 2. The standard InChI is InChI=1S/C26H36N4O4/c1-9-27-16-30(8)21(13-17(2)3)24(32)28-22-18(4)14-19(25-33-11-10-12-34-25)15-20(22)23(31)29-26(5,6)7/h9,13-16,25H,1-2,10-12H2,3-8H3,(H,28,32)(H,29,31). The molecule has 1 heterocycles. The molecule has 184 valence electrons. The molecule has 1 fully saturated rings. The highest BCUT2D eigenvalue weighted by atomic mass is 16.7. The predicted molar refractivity (Wildman–Crippen MR) is 136 cm³/mol. The zero-order chi connectivity index (χ0) is 25.5. The van der Waals surface area contributed by atoms with Crippen LogP contribution in [0.25, 0.3) is 0 Å². The number of nitrogens with one attached hydrogen (secondary N) is 2. The van der Waals surface area contributed by atoms with Crippen molar-refractivity contribution in [3.63, 3.8) is 0 Å². The summed E-state index contributed by atoms with van der Waals surface area (Å²) in [5, 5.41) is 5.89. The number of hydrogen-bond acceptors (Lipinski definition) is 5. The van der Waals surface area contributed by atoms with Gasteiger partial charge >= 0.3 is 0 Å². The molecule has 0 saturated carbocycles. The number of aliphatic imine (C=N–C) groups is 1. The number of allylic oxidation sites excluding steroid dienone is 2. The van der Waals surface area contributed by atoms with E-state index < -0.39 is 17.7 Å². The van der Waals surface area contributed by atoms with Crippen LogP contribution >= 0.6 is 0 Å². The Bertz CT molecular complexity index is 999. The van der Waals surface area contributed by atoms with Crippen LogP contribution in [0.4, 0.5) is 5.69 Å². The van der Waals surface area contributed by atoms with Gasteiger partial charge in [-0.25, -0.2) is 4.99 Å². The van der Waals surface area contributed by atoms with E-state index >= 15 is 0 Å². The van der Waals surface area contributed by atoms with Gasteiger partial charge in [-0.3, -0.25) is 9.59 Å². The van der Waals surface area contributed by atoms with Gasteiger partial charge in [0.05, 0.1) is 30.8 Å². The second-order valence-electron chi connectivity index (χ2n) is 9.28. The topological polar surface area (TPSA) is 92.3 Å². The van der Waals surface area contributed by atoms with Gasteiger partial charge in [0.15, 0.2) is 6.29 Å². The highest BCUT2D eigenvalue weighted by molar-refractivity contribution is 6.10. The molecule has 2 rings (SSSR count). The summed E-state index contributed by atoms with van der Waals surface area (Å²) in [6, 6.07) is 3.58. The van der Waals surface area contributed by atoms with Crippen molar-refractivity contribution in [2.75, 3.05) is 25.6 Å². The van der Waals surface area contributed by atoms with Crippen molar-refractivity contribution in [2.24, 2.45) is 4.99 Å². The van der Waals surface area contributed by atoms with Crippen molar-refractivity contribution >= 4 is 23.8 Å². The van der Waals surface area contributed by atoms with Crippen molar-refractivity contribution in [3.05, 3.63) is 65.5 Å². The monoisotopic (exact) mass is 468 g/mol. The second kappa shape index (κ2) is 11.8. The normalized spacial score (nSPS) is 15.2. The molecule has 0 bridgehead atoms. The number of carbonyl (C=O) groups excluding carboxylic acids is 2. The largest absolute Gasteiger partial charge is 0.348 e. The third-order valence-corrected chi connectivity index (χ3v) is 4.77. The maximum absolute atomic E-state index is 13.3. The molecule has 0 aliphatic carbocycles. The van der Waals surface area contributed by atoms with E-state index in [1.165, 1.54) is 12.5 Å². The number of benzene rings is 1. The van der Waals surface area contributed by atoms with E-state index in [1.54, 1.807) is 31.0 Å². The molecule has 2 N–H and O–H groups in total. The molecule has 0 spiro atoms. The third-order valence-electron chi connectivity index (χ3n) is 4.77. The molecule has 0 radical (unpaired) electrons. The van der Waals surface area contributed by atoms with E-state index in [0.29, 0.717) is 41.3 Å². The van der Waals surface area contributed by atoms with E-state index in [4.69, 9.17) is 9.47 Å². The smallest absolute Gasteiger partial charge is 0.272 e. The summed E-state index contributed by atoms with van der Waals surface area (Å²) < 4.78 is 11.5. The van der Waals surface area contributed by atoms with Gasteiger partial charge in [-0.15, -0.1) is 0 Å². The van der Waals surface area contributed by atoms with E-state index in [0.717, 1.165) is 12.0 Å². The Morgan fingerprint density at radius 3 is 2.44 bits per heavy atom. The number of likely N-dealkylation sites (N-methyl/N-ethyl adjacent to an activating group) is 1. The Hall–Kier alpha value is -3.23. The van der Waals surface area contributed by atoms with Gasteiger partial charge in [-0.2, -0.15) is 0 Å². The molecule has 8 nitrogen and oxygen atoms in total. The number of anilines is 1. The predicted octanol–water partition coefficient (Wildman–Crippen LogP) is 4.46. The minimum absolute atomic E-state index is 0.308. The molecule has 0 aromatic heterocycles. The van der Waals surface area contributed by atoms with Gasteiger partial charge in [0, 0.05) is 24.4 Å². The van der Waals surface area contributed by atoms with Crippen LogP contribution in [0.3, 0.4) is 0 Å². The van der Waals surface area contributed by atoms with Crippen LogP contribution in [0, 0.1) is 6.92 Å². The Morgan fingerprint density at radius 2 is 1.88 bits per heavy atom. The molecule has 1 saturated heterocycles. The van der Waals surface area contributed by atoms with Crippen LogP contribution in [-0.2, 0) is 14.3 Å². The molecule has 2 amide bonds. The Labute approximate surface area is 202 Å². The third kappa shape index (κ3) is 7.67. The van der Waals surface area contributed by atoms with E-state index in [-0.39, 0.29) is 5.91 Å². The van der Waals surface area contributed by atoms with Crippen molar-refractivity contribution in [1.29, 1.82) is 0 Å². The van der Waals surface area contributed by atoms with Gasteiger partial charge < -0.3 is 25.0 Å². The van der Waals surface area contributed by atoms with Crippen LogP contribution in [0.1, 0.15) is 61.9 Å². The first kappa shape index (κ1) is 27.0. The number of ether oxygens (including phenoxy) is 2. The average molecular weight is 469 g/mol. The minimum Gasteiger partial charge on any atom is -0.348 e. The second-order valence-corrected chi connectivity index (χ2v) is 9.28. The SMILES string of the molecule is C=CN=CN(C)C(=CC(=C)C)C(=O)Nc1c(C)cc(C2OCCCO2)cc1C(=O)NC(C)(C)C. The lowest BCUT2D eigenvalue weighted by Gasteiger charge is -2.27. The lowest BCUT2D eigenvalue weighted by Crippen LogP contribution is -2.41. The highest BCUT2D eigenvalue weighted by Crippen LogP contribution is 2.31. The maximum atomic E-state index is 13.3. The van der Waals surface area contributed by atoms with E-state index in [1.807, 2.05) is 33.8 Å². The summed E-state index contributed by atoms with van der Waals surface area (Å²) in [4.78, 5) is 32.1. The van der Waals surface area contributed by atoms with E-state index in [9.17, 15) is 9.59 Å². The summed E-state index contributed by atoms with van der Waals surface area (Å²) in [5.41, 5.74) is 2.70. The number of hydrogen-bond donors (Lipinski definition) is 2. The Morgan fingerprint density at radius 1 is 1.24 bits per heavy atom. The fourth-order valence-electron chi connectivity index (χ4n) is 3.33. The molecule has 1 aliphatic heterocycles. The molecular weight excluding hydrogens is 432 g/mol. The van der Waals surface area contributed by atoms with Crippen LogP contribution in [0.2, 0.25) is 0 Å². The van der Waals surface area contributed by atoms with Crippen LogP contribution in [0.15, 0.2) is 53.8 Å². The lowest BCUT2D eigenvalue weighted by molar-refractivity contribution is -0.183. The first-order valence-corrected chi connectivity index (χ1v) is 11.2. The van der Waals surface area contributed by atoms with Crippen LogP contribution in [0.5, 0.6) is 0 Å². The molecule has 1 aromatic carbocycles. The average Bonchev–Trinajstić information content (AvgIpc) is 2.76.